The maximum absolute atomic E-state index is 13.2. The summed E-state index contributed by atoms with van der Waals surface area (Å²) in [4.78, 5) is 40.1. The Bertz CT molecular complexity index is 1550. The highest BCUT2D eigenvalue weighted by atomic mass is 35.5. The molecule has 3 aromatic carbocycles. The highest BCUT2D eigenvalue weighted by molar-refractivity contribution is 6.53. The summed E-state index contributed by atoms with van der Waals surface area (Å²) < 4.78 is 4.06. The third-order valence-electron chi connectivity index (χ3n) is 6.57. The SMILES string of the molecule is Cc1cc(N(C)C(=O)OC(C)(C)C)ccc1NC(=O)c1cc(NC(=O)[C@@H]2[C@@H](c3cc(Cl)cc(Cl)c3)C2(Cl)Cl)ccc1Cl. The van der Waals surface area contributed by atoms with E-state index in [1.165, 1.54) is 17.0 Å². The van der Waals surface area contributed by atoms with Gasteiger partial charge in [0.25, 0.3) is 5.91 Å². The van der Waals surface area contributed by atoms with Crippen molar-refractivity contribution < 1.29 is 19.1 Å². The molecule has 1 aliphatic carbocycles. The predicted molar refractivity (Wildman–Crippen MR) is 171 cm³/mol. The van der Waals surface area contributed by atoms with Crippen LogP contribution in [0, 0.1) is 12.8 Å². The van der Waals surface area contributed by atoms with Crippen LogP contribution in [0.1, 0.15) is 48.2 Å². The van der Waals surface area contributed by atoms with Gasteiger partial charge < -0.3 is 15.4 Å². The number of anilines is 3. The molecule has 42 heavy (non-hydrogen) atoms. The minimum Gasteiger partial charge on any atom is -0.443 e. The quantitative estimate of drug-likeness (QED) is 0.256. The third-order valence-corrected chi connectivity index (χ3v) is 8.28. The fraction of sp³-hybridized carbons (Fsp3) is 0.300. The molecule has 0 unspecified atom stereocenters. The molecular formula is C30H28Cl5N3O4. The maximum atomic E-state index is 13.2. The second kappa shape index (κ2) is 12.1. The van der Waals surface area contributed by atoms with Gasteiger partial charge in [-0.3, -0.25) is 14.5 Å². The fourth-order valence-corrected chi connectivity index (χ4v) is 6.02. The second-order valence-corrected chi connectivity index (χ2v) is 13.7. The number of amides is 3. The van der Waals surface area contributed by atoms with E-state index in [1.807, 2.05) is 0 Å². The summed E-state index contributed by atoms with van der Waals surface area (Å²) in [7, 11) is 1.60. The van der Waals surface area contributed by atoms with Crippen molar-refractivity contribution in [3.05, 3.63) is 86.4 Å². The number of carbonyl (C=O) groups is 3. The molecule has 0 saturated heterocycles. The molecule has 4 rings (SSSR count). The van der Waals surface area contributed by atoms with E-state index >= 15 is 0 Å². The first kappa shape index (κ1) is 32.2. The summed E-state index contributed by atoms with van der Waals surface area (Å²) >= 11 is 31.5. The molecule has 0 aromatic heterocycles. The van der Waals surface area contributed by atoms with Gasteiger partial charge in [-0.15, -0.1) is 23.2 Å². The summed E-state index contributed by atoms with van der Waals surface area (Å²) in [5.74, 6) is -2.22. The average Bonchev–Trinajstić information content (AvgIpc) is 3.46. The number of nitrogens with zero attached hydrogens (tertiary/aromatic N) is 1. The van der Waals surface area contributed by atoms with Crippen LogP contribution in [0.5, 0.6) is 0 Å². The minimum absolute atomic E-state index is 0.140. The van der Waals surface area contributed by atoms with Crippen LogP contribution in [0.25, 0.3) is 0 Å². The number of carbonyl (C=O) groups excluding carboxylic acids is 3. The number of aryl methyl sites for hydroxylation is 1. The molecule has 222 valence electrons. The molecule has 0 aliphatic heterocycles. The van der Waals surface area contributed by atoms with Gasteiger partial charge in [0.15, 0.2) is 0 Å². The zero-order valence-electron chi connectivity index (χ0n) is 23.3. The predicted octanol–water partition coefficient (Wildman–Crippen LogP) is 9.10. The van der Waals surface area contributed by atoms with E-state index in [0.29, 0.717) is 38.2 Å². The van der Waals surface area contributed by atoms with Crippen LogP contribution in [0.3, 0.4) is 0 Å². The number of halogens is 5. The van der Waals surface area contributed by atoms with E-state index in [-0.39, 0.29) is 10.6 Å². The lowest BCUT2D eigenvalue weighted by Gasteiger charge is -2.25. The first-order valence-electron chi connectivity index (χ1n) is 12.8. The van der Waals surface area contributed by atoms with E-state index in [9.17, 15) is 14.4 Å². The van der Waals surface area contributed by atoms with Crippen molar-refractivity contribution in [1.82, 2.24) is 0 Å². The molecule has 0 spiro atoms. The summed E-state index contributed by atoms with van der Waals surface area (Å²) in [6.07, 6.45) is -0.501. The van der Waals surface area contributed by atoms with Gasteiger partial charge >= 0.3 is 6.09 Å². The van der Waals surface area contributed by atoms with E-state index in [1.54, 1.807) is 77.2 Å². The molecule has 0 bridgehead atoms. The molecule has 3 aromatic rings. The van der Waals surface area contributed by atoms with Crippen molar-refractivity contribution in [3.8, 4) is 0 Å². The van der Waals surface area contributed by atoms with Gasteiger partial charge in [0, 0.05) is 40.1 Å². The van der Waals surface area contributed by atoms with E-state index in [2.05, 4.69) is 10.6 Å². The van der Waals surface area contributed by atoms with Crippen LogP contribution in [0.2, 0.25) is 15.1 Å². The first-order chi connectivity index (χ1) is 19.5. The Hall–Kier alpha value is -2.68. The second-order valence-electron chi connectivity index (χ2n) is 11.0. The van der Waals surface area contributed by atoms with Crippen LogP contribution in [0.4, 0.5) is 21.9 Å². The first-order valence-corrected chi connectivity index (χ1v) is 14.7. The van der Waals surface area contributed by atoms with Crippen molar-refractivity contribution >= 4 is 93.0 Å². The number of benzene rings is 3. The Balaban J connectivity index is 1.46. The highest BCUT2D eigenvalue weighted by Crippen LogP contribution is 2.65. The van der Waals surface area contributed by atoms with Crippen LogP contribution in [-0.4, -0.2) is 34.9 Å². The van der Waals surface area contributed by atoms with Gasteiger partial charge in [0.05, 0.1) is 16.5 Å². The summed E-state index contributed by atoms with van der Waals surface area (Å²) in [5, 5.41) is 6.60. The van der Waals surface area contributed by atoms with Gasteiger partial charge in [-0.25, -0.2) is 4.79 Å². The van der Waals surface area contributed by atoms with Crippen molar-refractivity contribution in [2.24, 2.45) is 5.92 Å². The van der Waals surface area contributed by atoms with Gasteiger partial charge in [-0.2, -0.15) is 0 Å². The molecule has 7 nitrogen and oxygen atoms in total. The van der Waals surface area contributed by atoms with E-state index < -0.39 is 39.7 Å². The Morgan fingerprint density at radius 2 is 1.55 bits per heavy atom. The van der Waals surface area contributed by atoms with Crippen molar-refractivity contribution in [3.63, 3.8) is 0 Å². The van der Waals surface area contributed by atoms with Crippen LogP contribution in [0.15, 0.2) is 54.6 Å². The molecular weight excluding hydrogens is 644 g/mol. The number of alkyl halides is 2. The Kier molecular flexibility index (Phi) is 9.31. The number of hydrogen-bond acceptors (Lipinski definition) is 4. The maximum Gasteiger partial charge on any atom is 0.414 e. The molecule has 0 radical (unpaired) electrons. The highest BCUT2D eigenvalue weighted by Gasteiger charge is 2.67. The van der Waals surface area contributed by atoms with Crippen molar-refractivity contribution in [2.45, 2.75) is 43.5 Å². The van der Waals surface area contributed by atoms with E-state index in [4.69, 9.17) is 62.7 Å². The number of hydrogen-bond donors (Lipinski definition) is 2. The average molecular weight is 672 g/mol. The zero-order valence-corrected chi connectivity index (χ0v) is 27.1. The molecule has 0 heterocycles. The normalized spacial score (nSPS) is 17.3. The molecule has 1 aliphatic rings. The monoisotopic (exact) mass is 669 g/mol. The van der Waals surface area contributed by atoms with Gasteiger partial charge in [-0.1, -0.05) is 34.8 Å². The molecule has 3 amide bonds. The standard InChI is InChI=1S/C30H28Cl5N3O4/c1-15-10-20(38(5)28(41)42-29(2,3)4)7-9-23(15)37-26(39)21-14-19(6-8-22(21)33)36-27(40)25-24(30(25,34)35)16-11-17(31)13-18(32)12-16/h6-14,24-25H,1-5H3,(H,36,40)(H,37,39)/t24-,25+/m1/s1. The van der Waals surface area contributed by atoms with Gasteiger partial charge in [-0.05, 0) is 93.4 Å². The largest absolute Gasteiger partial charge is 0.443 e. The van der Waals surface area contributed by atoms with Crippen LogP contribution < -0.4 is 15.5 Å². The van der Waals surface area contributed by atoms with Crippen LogP contribution in [-0.2, 0) is 9.53 Å². The summed E-state index contributed by atoms with van der Waals surface area (Å²) in [6.45, 7) is 7.16. The molecule has 2 atom stereocenters. The fourth-order valence-electron chi connectivity index (χ4n) is 4.44. The van der Waals surface area contributed by atoms with Gasteiger partial charge in [0.1, 0.15) is 9.93 Å². The van der Waals surface area contributed by atoms with Crippen LogP contribution >= 0.6 is 58.0 Å². The molecule has 1 fully saturated rings. The lowest BCUT2D eigenvalue weighted by atomic mass is 10.1. The van der Waals surface area contributed by atoms with Crippen molar-refractivity contribution in [1.29, 1.82) is 0 Å². The summed E-state index contributed by atoms with van der Waals surface area (Å²) in [6, 6.07) is 14.6. The lowest BCUT2D eigenvalue weighted by Crippen LogP contribution is -2.34. The lowest BCUT2D eigenvalue weighted by molar-refractivity contribution is -0.117. The number of ether oxygens (including phenoxy) is 1. The molecule has 1 saturated carbocycles. The molecule has 2 N–H and O–H groups in total. The topological polar surface area (TPSA) is 87.7 Å². The summed E-state index contributed by atoms with van der Waals surface area (Å²) in [5.41, 5.74) is 2.30. The Labute approximate surface area is 269 Å². The van der Waals surface area contributed by atoms with Crippen molar-refractivity contribution in [2.75, 3.05) is 22.6 Å². The Morgan fingerprint density at radius 3 is 2.14 bits per heavy atom. The smallest absolute Gasteiger partial charge is 0.414 e. The number of nitrogens with one attached hydrogen (secondary N) is 2. The van der Waals surface area contributed by atoms with E-state index in [0.717, 1.165) is 0 Å². The zero-order chi connectivity index (χ0) is 31.1. The number of rotatable bonds is 6. The van der Waals surface area contributed by atoms with Gasteiger partial charge in [0.2, 0.25) is 5.91 Å². The minimum atomic E-state index is -1.36. The molecule has 12 heteroatoms. The Morgan fingerprint density at radius 1 is 0.905 bits per heavy atom. The third kappa shape index (κ3) is 7.26.